The molecule has 0 aliphatic carbocycles. The van der Waals surface area contributed by atoms with Crippen LogP contribution in [0.4, 0.5) is 0 Å². The summed E-state index contributed by atoms with van der Waals surface area (Å²) in [5.41, 5.74) is 0.701. The van der Waals surface area contributed by atoms with Crippen LogP contribution in [0.25, 0.3) is 0 Å². The molecular formula is C7H13NO2S2. The van der Waals surface area contributed by atoms with E-state index in [1.165, 1.54) is 4.31 Å². The van der Waals surface area contributed by atoms with Gasteiger partial charge in [-0.3, -0.25) is 0 Å². The molecule has 0 radical (unpaired) electrons. The van der Waals surface area contributed by atoms with Crippen LogP contribution in [0.2, 0.25) is 0 Å². The summed E-state index contributed by atoms with van der Waals surface area (Å²) < 4.78 is 24.5. The lowest BCUT2D eigenvalue weighted by molar-refractivity contribution is 0.492. The summed E-state index contributed by atoms with van der Waals surface area (Å²) in [5.74, 6) is 1.61. The van der Waals surface area contributed by atoms with Crippen molar-refractivity contribution in [3.05, 3.63) is 12.2 Å². The highest BCUT2D eigenvalue weighted by atomic mass is 32.2. The van der Waals surface area contributed by atoms with Crippen molar-refractivity contribution in [1.82, 2.24) is 4.31 Å². The van der Waals surface area contributed by atoms with Crippen molar-refractivity contribution >= 4 is 21.8 Å². The van der Waals surface area contributed by atoms with E-state index in [0.717, 1.165) is 5.75 Å². The van der Waals surface area contributed by atoms with Crippen molar-refractivity contribution in [1.29, 1.82) is 0 Å². The molecular weight excluding hydrogens is 194 g/mol. The van der Waals surface area contributed by atoms with E-state index in [2.05, 4.69) is 6.58 Å². The summed E-state index contributed by atoms with van der Waals surface area (Å²) in [6.45, 7) is 5.99. The Balaban J connectivity index is 2.64. The Kier molecular flexibility index (Phi) is 3.20. The van der Waals surface area contributed by atoms with Gasteiger partial charge in [0.15, 0.2) is 0 Å². The topological polar surface area (TPSA) is 37.4 Å². The Morgan fingerprint density at radius 3 is 2.75 bits per heavy atom. The van der Waals surface area contributed by atoms with Gasteiger partial charge in [-0.1, -0.05) is 12.2 Å². The van der Waals surface area contributed by atoms with Gasteiger partial charge in [-0.15, -0.1) is 11.8 Å². The Morgan fingerprint density at radius 2 is 2.33 bits per heavy atom. The number of rotatable bonds is 3. The molecule has 0 aromatic carbocycles. The zero-order valence-corrected chi connectivity index (χ0v) is 8.75. The quantitative estimate of drug-likeness (QED) is 0.645. The van der Waals surface area contributed by atoms with E-state index in [1.807, 2.05) is 0 Å². The van der Waals surface area contributed by atoms with Gasteiger partial charge in [0, 0.05) is 12.3 Å². The maximum Gasteiger partial charge on any atom is 0.218 e. The average molecular weight is 207 g/mol. The Hall–Kier alpha value is -0.0000000000000000555. The molecule has 0 bridgehead atoms. The van der Waals surface area contributed by atoms with Gasteiger partial charge in [0.25, 0.3) is 0 Å². The molecule has 1 heterocycles. The smallest absolute Gasteiger partial charge is 0.212 e. The molecule has 1 aliphatic rings. The van der Waals surface area contributed by atoms with Gasteiger partial charge in [0.05, 0.1) is 11.6 Å². The fourth-order valence-electron chi connectivity index (χ4n) is 1.02. The molecule has 5 heteroatoms. The molecule has 0 N–H and O–H groups in total. The number of hydrogen-bond donors (Lipinski definition) is 0. The van der Waals surface area contributed by atoms with Crippen LogP contribution in [-0.4, -0.2) is 36.7 Å². The maximum absolute atomic E-state index is 11.5. The van der Waals surface area contributed by atoms with Crippen molar-refractivity contribution in [2.24, 2.45) is 0 Å². The summed E-state index contributed by atoms with van der Waals surface area (Å²) in [6.07, 6.45) is 0. The Labute approximate surface area is 77.9 Å². The standard InChI is InChI=1S/C7H13NO2S2/c1-7(2)5-12(9,10)8-3-4-11-6-8/h1,3-6H2,2H3. The van der Waals surface area contributed by atoms with E-state index < -0.39 is 10.0 Å². The van der Waals surface area contributed by atoms with Crippen molar-refractivity contribution in [2.45, 2.75) is 6.92 Å². The lowest BCUT2D eigenvalue weighted by Gasteiger charge is -2.13. The molecule has 12 heavy (non-hydrogen) atoms. The monoisotopic (exact) mass is 207 g/mol. The molecule has 0 atom stereocenters. The first-order valence-electron chi connectivity index (χ1n) is 3.72. The zero-order valence-electron chi connectivity index (χ0n) is 7.12. The van der Waals surface area contributed by atoms with E-state index in [9.17, 15) is 8.42 Å². The summed E-state index contributed by atoms with van der Waals surface area (Å²) >= 11 is 1.65. The first-order valence-corrected chi connectivity index (χ1v) is 6.49. The molecule has 3 nitrogen and oxygen atoms in total. The van der Waals surface area contributed by atoms with Gasteiger partial charge in [-0.2, -0.15) is 4.31 Å². The molecule has 0 spiro atoms. The zero-order chi connectivity index (χ0) is 9.19. The van der Waals surface area contributed by atoms with Gasteiger partial charge in [-0.25, -0.2) is 8.42 Å². The molecule has 0 unspecified atom stereocenters. The molecule has 0 saturated carbocycles. The van der Waals surface area contributed by atoms with E-state index in [-0.39, 0.29) is 5.75 Å². The van der Waals surface area contributed by atoms with E-state index in [1.54, 1.807) is 18.7 Å². The molecule has 70 valence electrons. The lowest BCUT2D eigenvalue weighted by Crippen LogP contribution is -2.30. The third-order valence-electron chi connectivity index (χ3n) is 1.54. The highest BCUT2D eigenvalue weighted by Gasteiger charge is 2.25. The summed E-state index contributed by atoms with van der Waals surface area (Å²) in [5, 5.41) is 0. The van der Waals surface area contributed by atoms with Crippen molar-refractivity contribution in [3.63, 3.8) is 0 Å². The van der Waals surface area contributed by atoms with Crippen LogP contribution < -0.4 is 0 Å². The number of nitrogens with zero attached hydrogens (tertiary/aromatic N) is 1. The third-order valence-corrected chi connectivity index (χ3v) is 4.63. The van der Waals surface area contributed by atoms with Gasteiger partial charge in [0.2, 0.25) is 10.0 Å². The van der Waals surface area contributed by atoms with Crippen molar-refractivity contribution in [2.75, 3.05) is 23.9 Å². The van der Waals surface area contributed by atoms with Crippen LogP contribution in [0.3, 0.4) is 0 Å². The minimum Gasteiger partial charge on any atom is -0.212 e. The highest BCUT2D eigenvalue weighted by Crippen LogP contribution is 2.18. The van der Waals surface area contributed by atoms with Gasteiger partial charge < -0.3 is 0 Å². The second-order valence-corrected chi connectivity index (χ2v) is 5.97. The Morgan fingerprint density at radius 1 is 1.67 bits per heavy atom. The summed E-state index contributed by atoms with van der Waals surface area (Å²) in [6, 6.07) is 0. The SMILES string of the molecule is C=C(C)CS(=O)(=O)N1CCSC1. The normalized spacial score (nSPS) is 19.8. The molecule has 0 aromatic rings. The molecule has 1 aliphatic heterocycles. The minimum absolute atomic E-state index is 0.0908. The van der Waals surface area contributed by atoms with Gasteiger partial charge in [-0.05, 0) is 6.92 Å². The number of sulfonamides is 1. The fraction of sp³-hybridized carbons (Fsp3) is 0.714. The highest BCUT2D eigenvalue weighted by molar-refractivity contribution is 8.00. The lowest BCUT2D eigenvalue weighted by atomic mass is 10.4. The van der Waals surface area contributed by atoms with Crippen molar-refractivity contribution in [3.8, 4) is 0 Å². The number of hydrogen-bond acceptors (Lipinski definition) is 3. The van der Waals surface area contributed by atoms with Crippen LogP contribution in [0.1, 0.15) is 6.92 Å². The number of thioether (sulfide) groups is 1. The molecule has 1 saturated heterocycles. The van der Waals surface area contributed by atoms with Gasteiger partial charge >= 0.3 is 0 Å². The molecule has 1 fully saturated rings. The second kappa shape index (κ2) is 3.81. The van der Waals surface area contributed by atoms with Crippen LogP contribution in [0.15, 0.2) is 12.2 Å². The molecule has 1 rings (SSSR count). The van der Waals surface area contributed by atoms with Gasteiger partial charge in [0.1, 0.15) is 0 Å². The largest absolute Gasteiger partial charge is 0.218 e. The van der Waals surface area contributed by atoms with E-state index in [4.69, 9.17) is 0 Å². The van der Waals surface area contributed by atoms with Crippen LogP contribution >= 0.6 is 11.8 Å². The second-order valence-electron chi connectivity index (χ2n) is 2.93. The fourth-order valence-corrected chi connectivity index (χ4v) is 3.99. The Bertz CT molecular complexity index is 265. The first kappa shape index (κ1) is 10.1. The van der Waals surface area contributed by atoms with Crippen LogP contribution in [-0.2, 0) is 10.0 Å². The minimum atomic E-state index is -3.05. The predicted molar refractivity (Wildman–Crippen MR) is 52.6 cm³/mol. The molecule has 0 amide bonds. The first-order chi connectivity index (χ1) is 5.52. The van der Waals surface area contributed by atoms with E-state index in [0.29, 0.717) is 18.0 Å². The average Bonchev–Trinajstić information content (AvgIpc) is 2.32. The predicted octanol–water partition coefficient (Wildman–Crippen LogP) is 0.899. The summed E-state index contributed by atoms with van der Waals surface area (Å²) in [4.78, 5) is 0. The third kappa shape index (κ3) is 2.50. The van der Waals surface area contributed by atoms with E-state index >= 15 is 0 Å². The van der Waals surface area contributed by atoms with Crippen molar-refractivity contribution < 1.29 is 8.42 Å². The summed E-state index contributed by atoms with van der Waals surface area (Å²) in [7, 11) is -3.05. The maximum atomic E-state index is 11.5. The van der Waals surface area contributed by atoms with Crippen LogP contribution in [0, 0.1) is 0 Å². The molecule has 0 aromatic heterocycles. The van der Waals surface area contributed by atoms with Crippen LogP contribution in [0.5, 0.6) is 0 Å².